The van der Waals surface area contributed by atoms with Crippen molar-refractivity contribution >= 4 is 5.69 Å². The van der Waals surface area contributed by atoms with Crippen LogP contribution in [0.15, 0.2) is 36.8 Å². The first-order valence-corrected chi connectivity index (χ1v) is 5.06. The maximum atomic E-state index is 5.65. The summed E-state index contributed by atoms with van der Waals surface area (Å²) >= 11 is 0. The molecule has 1 aromatic carbocycles. The fourth-order valence-electron chi connectivity index (χ4n) is 1.58. The van der Waals surface area contributed by atoms with Crippen LogP contribution < -0.4 is 5.73 Å². The minimum absolute atomic E-state index is 0.463. The topological polar surface area (TPSA) is 43.8 Å². The standard InChI is InChI=1S/C12H15N3/c1-9(2)12-7-14-8-15(12)11-5-3-10(13)4-6-11/h3-9H,13H2,1-2H3. The SMILES string of the molecule is CC(C)c1cncn1-c1ccc(N)cc1. The van der Waals surface area contributed by atoms with E-state index in [0.29, 0.717) is 5.92 Å². The smallest absolute Gasteiger partial charge is 0.0994 e. The highest BCUT2D eigenvalue weighted by Crippen LogP contribution is 2.19. The van der Waals surface area contributed by atoms with Crippen LogP contribution in [-0.4, -0.2) is 9.55 Å². The molecule has 3 heteroatoms. The van der Waals surface area contributed by atoms with Gasteiger partial charge in [0, 0.05) is 23.3 Å². The molecule has 1 heterocycles. The number of hydrogen-bond acceptors (Lipinski definition) is 2. The van der Waals surface area contributed by atoms with Crippen LogP contribution >= 0.6 is 0 Å². The van der Waals surface area contributed by atoms with Crippen molar-refractivity contribution in [2.75, 3.05) is 5.73 Å². The van der Waals surface area contributed by atoms with Gasteiger partial charge in [-0.3, -0.25) is 0 Å². The molecule has 15 heavy (non-hydrogen) atoms. The quantitative estimate of drug-likeness (QED) is 0.759. The summed E-state index contributed by atoms with van der Waals surface area (Å²) < 4.78 is 2.09. The summed E-state index contributed by atoms with van der Waals surface area (Å²) in [5.41, 5.74) is 8.75. The molecule has 0 amide bonds. The van der Waals surface area contributed by atoms with Crippen LogP contribution in [0.2, 0.25) is 0 Å². The molecule has 0 radical (unpaired) electrons. The normalized spacial score (nSPS) is 10.9. The predicted molar refractivity (Wildman–Crippen MR) is 62.1 cm³/mol. The van der Waals surface area contributed by atoms with Gasteiger partial charge in [0.2, 0.25) is 0 Å². The third-order valence-electron chi connectivity index (χ3n) is 2.43. The zero-order valence-electron chi connectivity index (χ0n) is 9.01. The number of nitrogen functional groups attached to an aromatic ring is 1. The van der Waals surface area contributed by atoms with Crippen LogP contribution in [0.1, 0.15) is 25.5 Å². The van der Waals surface area contributed by atoms with E-state index in [1.165, 1.54) is 5.69 Å². The van der Waals surface area contributed by atoms with Crippen LogP contribution in [0, 0.1) is 0 Å². The second-order valence-corrected chi connectivity index (χ2v) is 3.93. The molecular weight excluding hydrogens is 186 g/mol. The van der Waals surface area contributed by atoms with Gasteiger partial charge in [0.15, 0.2) is 0 Å². The number of anilines is 1. The average molecular weight is 201 g/mol. The van der Waals surface area contributed by atoms with Crippen molar-refractivity contribution in [2.24, 2.45) is 0 Å². The second-order valence-electron chi connectivity index (χ2n) is 3.93. The van der Waals surface area contributed by atoms with Crippen LogP contribution in [0.5, 0.6) is 0 Å². The number of hydrogen-bond donors (Lipinski definition) is 1. The van der Waals surface area contributed by atoms with Crippen LogP contribution in [0.3, 0.4) is 0 Å². The van der Waals surface area contributed by atoms with Crippen molar-refractivity contribution in [2.45, 2.75) is 19.8 Å². The number of nitrogens with two attached hydrogens (primary N) is 1. The zero-order valence-corrected chi connectivity index (χ0v) is 9.01. The number of nitrogens with zero attached hydrogens (tertiary/aromatic N) is 2. The van der Waals surface area contributed by atoms with Gasteiger partial charge in [0.05, 0.1) is 6.33 Å². The highest BCUT2D eigenvalue weighted by atomic mass is 15.1. The van der Waals surface area contributed by atoms with Gasteiger partial charge in [-0.2, -0.15) is 0 Å². The lowest BCUT2D eigenvalue weighted by molar-refractivity contribution is 0.787. The molecule has 0 saturated heterocycles. The summed E-state index contributed by atoms with van der Waals surface area (Å²) in [5.74, 6) is 0.463. The molecule has 0 spiro atoms. The van der Waals surface area contributed by atoms with Gasteiger partial charge in [-0.25, -0.2) is 4.98 Å². The highest BCUT2D eigenvalue weighted by molar-refractivity contribution is 5.45. The second kappa shape index (κ2) is 3.77. The number of imidazole rings is 1. The van der Waals surface area contributed by atoms with E-state index in [9.17, 15) is 0 Å². The molecule has 0 unspecified atom stereocenters. The molecule has 2 aromatic rings. The van der Waals surface area contributed by atoms with Crippen molar-refractivity contribution in [1.82, 2.24) is 9.55 Å². The Morgan fingerprint density at radius 1 is 1.20 bits per heavy atom. The lowest BCUT2D eigenvalue weighted by atomic mass is 10.1. The minimum atomic E-state index is 0.463. The van der Waals surface area contributed by atoms with Gasteiger partial charge in [0.1, 0.15) is 0 Å². The van der Waals surface area contributed by atoms with Gasteiger partial charge < -0.3 is 10.3 Å². The molecule has 0 fully saturated rings. The zero-order chi connectivity index (χ0) is 10.8. The Bertz CT molecular complexity index is 440. The van der Waals surface area contributed by atoms with E-state index in [4.69, 9.17) is 5.73 Å². The van der Waals surface area contributed by atoms with E-state index in [-0.39, 0.29) is 0 Å². The van der Waals surface area contributed by atoms with E-state index in [0.717, 1.165) is 11.4 Å². The van der Waals surface area contributed by atoms with E-state index in [1.807, 2.05) is 36.8 Å². The molecule has 3 nitrogen and oxygen atoms in total. The monoisotopic (exact) mass is 201 g/mol. The van der Waals surface area contributed by atoms with E-state index < -0.39 is 0 Å². The Morgan fingerprint density at radius 3 is 2.47 bits per heavy atom. The van der Waals surface area contributed by atoms with Crippen LogP contribution in [0.4, 0.5) is 5.69 Å². The largest absolute Gasteiger partial charge is 0.399 e. The van der Waals surface area contributed by atoms with Crippen molar-refractivity contribution in [3.63, 3.8) is 0 Å². The van der Waals surface area contributed by atoms with Crippen molar-refractivity contribution in [1.29, 1.82) is 0 Å². The maximum absolute atomic E-state index is 5.65. The molecule has 78 valence electrons. The van der Waals surface area contributed by atoms with Gasteiger partial charge in [-0.05, 0) is 30.2 Å². The van der Waals surface area contributed by atoms with Crippen LogP contribution in [0.25, 0.3) is 5.69 Å². The summed E-state index contributed by atoms with van der Waals surface area (Å²) in [7, 11) is 0. The maximum Gasteiger partial charge on any atom is 0.0994 e. The summed E-state index contributed by atoms with van der Waals surface area (Å²) in [6.45, 7) is 4.32. The molecule has 0 atom stereocenters. The van der Waals surface area contributed by atoms with Gasteiger partial charge in [-0.1, -0.05) is 13.8 Å². The Kier molecular flexibility index (Phi) is 2.46. The van der Waals surface area contributed by atoms with E-state index >= 15 is 0 Å². The number of rotatable bonds is 2. The first kappa shape index (κ1) is 9.77. The lowest BCUT2D eigenvalue weighted by Crippen LogP contribution is -2.00. The Hall–Kier alpha value is -1.77. The fourth-order valence-corrected chi connectivity index (χ4v) is 1.58. The van der Waals surface area contributed by atoms with Gasteiger partial charge in [-0.15, -0.1) is 0 Å². The Balaban J connectivity index is 2.45. The molecule has 0 bridgehead atoms. The third-order valence-corrected chi connectivity index (χ3v) is 2.43. The van der Waals surface area contributed by atoms with Crippen molar-refractivity contribution in [3.05, 3.63) is 42.5 Å². The Labute approximate surface area is 89.6 Å². The fraction of sp³-hybridized carbons (Fsp3) is 0.250. The molecule has 0 aliphatic carbocycles. The summed E-state index contributed by atoms with van der Waals surface area (Å²) in [5, 5.41) is 0. The van der Waals surface area contributed by atoms with Crippen LogP contribution in [-0.2, 0) is 0 Å². The molecular formula is C12H15N3. The average Bonchev–Trinajstić information content (AvgIpc) is 2.67. The summed E-state index contributed by atoms with van der Waals surface area (Å²) in [6.07, 6.45) is 3.74. The minimum Gasteiger partial charge on any atom is -0.399 e. The first-order valence-electron chi connectivity index (χ1n) is 5.06. The molecule has 0 saturated carbocycles. The van der Waals surface area contributed by atoms with E-state index in [2.05, 4.69) is 23.4 Å². The number of aromatic nitrogens is 2. The molecule has 2 rings (SSSR count). The van der Waals surface area contributed by atoms with Crippen molar-refractivity contribution in [3.8, 4) is 5.69 Å². The van der Waals surface area contributed by atoms with Crippen molar-refractivity contribution < 1.29 is 0 Å². The Morgan fingerprint density at radius 2 is 1.87 bits per heavy atom. The molecule has 1 aromatic heterocycles. The summed E-state index contributed by atoms with van der Waals surface area (Å²) in [6, 6.07) is 7.81. The first-order chi connectivity index (χ1) is 7.18. The highest BCUT2D eigenvalue weighted by Gasteiger charge is 2.07. The predicted octanol–water partition coefficient (Wildman–Crippen LogP) is 2.58. The van der Waals surface area contributed by atoms with Gasteiger partial charge in [0.25, 0.3) is 0 Å². The van der Waals surface area contributed by atoms with E-state index in [1.54, 1.807) is 0 Å². The summed E-state index contributed by atoms with van der Waals surface area (Å²) in [4.78, 5) is 4.17. The number of benzene rings is 1. The lowest BCUT2D eigenvalue weighted by Gasteiger charge is -2.10. The van der Waals surface area contributed by atoms with Gasteiger partial charge >= 0.3 is 0 Å². The third kappa shape index (κ3) is 1.86. The molecule has 0 aliphatic heterocycles. The molecule has 0 aliphatic rings. The molecule has 2 N–H and O–H groups in total.